The second kappa shape index (κ2) is 5.76. The minimum atomic E-state index is 0.218. The molecule has 1 aromatic rings. The molecule has 0 fully saturated rings. The van der Waals surface area contributed by atoms with Gasteiger partial charge in [-0.25, -0.2) is 0 Å². The quantitative estimate of drug-likeness (QED) is 0.777. The summed E-state index contributed by atoms with van der Waals surface area (Å²) < 4.78 is 0. The Hall–Kier alpha value is -1.02. The molecule has 2 heteroatoms. The van der Waals surface area contributed by atoms with Crippen LogP contribution in [0.3, 0.4) is 0 Å². The zero-order chi connectivity index (χ0) is 11.3. The van der Waals surface area contributed by atoms with E-state index in [4.69, 9.17) is 5.73 Å². The minimum Gasteiger partial charge on any atom is -0.383 e. The van der Waals surface area contributed by atoms with Gasteiger partial charge in [-0.15, -0.1) is 0 Å². The smallest absolute Gasteiger partial charge is 0.0340 e. The van der Waals surface area contributed by atoms with Crippen LogP contribution < -0.4 is 11.1 Å². The van der Waals surface area contributed by atoms with Gasteiger partial charge >= 0.3 is 0 Å². The van der Waals surface area contributed by atoms with E-state index in [0.717, 1.165) is 18.7 Å². The molecule has 1 unspecified atom stereocenters. The molecule has 0 spiro atoms. The Balaban J connectivity index is 2.44. The predicted octanol–water partition coefficient (Wildman–Crippen LogP) is 2.64. The molecular formula is C13H22N2. The highest BCUT2D eigenvalue weighted by atomic mass is 14.9. The molecule has 1 rings (SSSR count). The molecule has 84 valence electrons. The molecule has 0 aliphatic rings. The van der Waals surface area contributed by atoms with Gasteiger partial charge in [0.2, 0.25) is 0 Å². The molecule has 0 heterocycles. The van der Waals surface area contributed by atoms with Crippen LogP contribution in [0, 0.1) is 5.92 Å². The monoisotopic (exact) mass is 206 g/mol. The first-order chi connectivity index (χ1) is 7.13. The Morgan fingerprint density at radius 2 is 1.80 bits per heavy atom. The average Bonchev–Trinajstić information content (AvgIpc) is 2.26. The van der Waals surface area contributed by atoms with Gasteiger partial charge in [-0.1, -0.05) is 32.9 Å². The predicted molar refractivity (Wildman–Crippen MR) is 67.1 cm³/mol. The second-order valence-electron chi connectivity index (χ2n) is 4.34. The van der Waals surface area contributed by atoms with Crippen molar-refractivity contribution in [2.24, 2.45) is 11.7 Å². The number of rotatable bonds is 5. The van der Waals surface area contributed by atoms with Crippen molar-refractivity contribution in [3.8, 4) is 0 Å². The Kier molecular flexibility index (Phi) is 4.63. The third kappa shape index (κ3) is 3.92. The summed E-state index contributed by atoms with van der Waals surface area (Å²) in [5.74, 6) is 0.521. The number of hydrogen-bond acceptors (Lipinski definition) is 2. The fourth-order valence-electron chi connectivity index (χ4n) is 1.33. The summed E-state index contributed by atoms with van der Waals surface area (Å²) in [6.45, 7) is 7.29. The molecule has 0 amide bonds. The first kappa shape index (κ1) is 12.1. The SMILES string of the molecule is CCc1ccc(NCC(N)C(C)C)cc1. The van der Waals surface area contributed by atoms with Crippen LogP contribution >= 0.6 is 0 Å². The topological polar surface area (TPSA) is 38.0 Å². The summed E-state index contributed by atoms with van der Waals surface area (Å²) in [5, 5.41) is 3.35. The first-order valence-electron chi connectivity index (χ1n) is 5.72. The van der Waals surface area contributed by atoms with E-state index in [1.165, 1.54) is 5.56 Å². The third-order valence-electron chi connectivity index (χ3n) is 2.76. The van der Waals surface area contributed by atoms with E-state index in [2.05, 4.69) is 50.4 Å². The van der Waals surface area contributed by atoms with E-state index in [9.17, 15) is 0 Å². The van der Waals surface area contributed by atoms with E-state index in [0.29, 0.717) is 5.92 Å². The molecule has 0 aliphatic carbocycles. The van der Waals surface area contributed by atoms with Gasteiger partial charge in [-0.05, 0) is 30.0 Å². The summed E-state index contributed by atoms with van der Waals surface area (Å²) >= 11 is 0. The van der Waals surface area contributed by atoms with E-state index in [1.54, 1.807) is 0 Å². The standard InChI is InChI=1S/C13H22N2/c1-4-11-5-7-12(8-6-11)15-9-13(14)10(2)3/h5-8,10,13,15H,4,9,14H2,1-3H3. The van der Waals surface area contributed by atoms with Crippen LogP contribution in [0.4, 0.5) is 5.69 Å². The highest BCUT2D eigenvalue weighted by Gasteiger charge is 2.06. The molecule has 0 bridgehead atoms. The van der Waals surface area contributed by atoms with Gasteiger partial charge in [0.05, 0.1) is 0 Å². The zero-order valence-electron chi connectivity index (χ0n) is 9.96. The summed E-state index contributed by atoms with van der Waals surface area (Å²) in [6.07, 6.45) is 1.09. The highest BCUT2D eigenvalue weighted by molar-refractivity contribution is 5.44. The summed E-state index contributed by atoms with van der Waals surface area (Å²) in [6, 6.07) is 8.76. The Morgan fingerprint density at radius 3 is 2.27 bits per heavy atom. The molecule has 0 saturated carbocycles. The molecule has 0 aromatic heterocycles. The van der Waals surface area contributed by atoms with E-state index in [1.807, 2.05) is 0 Å². The van der Waals surface area contributed by atoms with Crippen molar-refractivity contribution >= 4 is 5.69 Å². The largest absolute Gasteiger partial charge is 0.383 e. The number of nitrogens with two attached hydrogens (primary N) is 1. The van der Waals surface area contributed by atoms with Gasteiger partial charge in [0.15, 0.2) is 0 Å². The van der Waals surface area contributed by atoms with Crippen molar-refractivity contribution in [1.29, 1.82) is 0 Å². The fourth-order valence-corrected chi connectivity index (χ4v) is 1.33. The lowest BCUT2D eigenvalue weighted by Crippen LogP contribution is -2.33. The van der Waals surface area contributed by atoms with E-state index in [-0.39, 0.29) is 6.04 Å². The lowest BCUT2D eigenvalue weighted by atomic mass is 10.1. The van der Waals surface area contributed by atoms with Crippen molar-refractivity contribution in [1.82, 2.24) is 0 Å². The zero-order valence-corrected chi connectivity index (χ0v) is 9.96. The van der Waals surface area contributed by atoms with Crippen LogP contribution in [0.15, 0.2) is 24.3 Å². The van der Waals surface area contributed by atoms with Gasteiger partial charge in [-0.2, -0.15) is 0 Å². The minimum absolute atomic E-state index is 0.218. The molecule has 15 heavy (non-hydrogen) atoms. The van der Waals surface area contributed by atoms with Crippen LogP contribution in [0.5, 0.6) is 0 Å². The lowest BCUT2D eigenvalue weighted by Gasteiger charge is -2.17. The van der Waals surface area contributed by atoms with Crippen molar-refractivity contribution in [3.63, 3.8) is 0 Å². The maximum Gasteiger partial charge on any atom is 0.0340 e. The number of nitrogens with one attached hydrogen (secondary N) is 1. The van der Waals surface area contributed by atoms with Gasteiger partial charge in [0, 0.05) is 18.3 Å². The number of aryl methyl sites for hydroxylation is 1. The van der Waals surface area contributed by atoms with Crippen LogP contribution in [-0.4, -0.2) is 12.6 Å². The van der Waals surface area contributed by atoms with Crippen molar-refractivity contribution in [2.75, 3.05) is 11.9 Å². The molecule has 2 nitrogen and oxygen atoms in total. The number of hydrogen-bond donors (Lipinski definition) is 2. The van der Waals surface area contributed by atoms with Gasteiger partial charge in [-0.3, -0.25) is 0 Å². The second-order valence-corrected chi connectivity index (χ2v) is 4.34. The highest BCUT2D eigenvalue weighted by Crippen LogP contribution is 2.10. The van der Waals surface area contributed by atoms with Crippen LogP contribution in [0.2, 0.25) is 0 Å². The van der Waals surface area contributed by atoms with Gasteiger partial charge in [0.1, 0.15) is 0 Å². The van der Waals surface area contributed by atoms with Crippen LogP contribution in [0.1, 0.15) is 26.3 Å². The summed E-state index contributed by atoms with van der Waals surface area (Å²) in [5.41, 5.74) is 8.48. The van der Waals surface area contributed by atoms with Crippen molar-refractivity contribution in [2.45, 2.75) is 33.2 Å². The maximum absolute atomic E-state index is 5.96. The van der Waals surface area contributed by atoms with Crippen molar-refractivity contribution in [3.05, 3.63) is 29.8 Å². The summed E-state index contributed by atoms with van der Waals surface area (Å²) in [7, 11) is 0. The van der Waals surface area contributed by atoms with Crippen LogP contribution in [0.25, 0.3) is 0 Å². The lowest BCUT2D eigenvalue weighted by molar-refractivity contribution is 0.511. The summed E-state index contributed by atoms with van der Waals surface area (Å²) in [4.78, 5) is 0. The number of anilines is 1. The molecule has 0 radical (unpaired) electrons. The number of benzene rings is 1. The Labute approximate surface area is 92.9 Å². The van der Waals surface area contributed by atoms with Gasteiger partial charge in [0.25, 0.3) is 0 Å². The van der Waals surface area contributed by atoms with Gasteiger partial charge < -0.3 is 11.1 Å². The first-order valence-corrected chi connectivity index (χ1v) is 5.72. The van der Waals surface area contributed by atoms with E-state index >= 15 is 0 Å². The molecule has 0 saturated heterocycles. The molecule has 0 aliphatic heterocycles. The molecular weight excluding hydrogens is 184 g/mol. The average molecular weight is 206 g/mol. The van der Waals surface area contributed by atoms with E-state index < -0.39 is 0 Å². The third-order valence-corrected chi connectivity index (χ3v) is 2.76. The Morgan fingerprint density at radius 1 is 1.20 bits per heavy atom. The van der Waals surface area contributed by atoms with Crippen molar-refractivity contribution < 1.29 is 0 Å². The fraction of sp³-hybridized carbons (Fsp3) is 0.538. The Bertz CT molecular complexity index is 277. The van der Waals surface area contributed by atoms with Crippen LogP contribution in [-0.2, 0) is 6.42 Å². The molecule has 3 N–H and O–H groups in total. The maximum atomic E-state index is 5.96. The molecule has 1 aromatic carbocycles. The molecule has 1 atom stereocenters. The normalized spacial score (nSPS) is 12.9.